The van der Waals surface area contributed by atoms with Gasteiger partial charge in [0.25, 0.3) is 0 Å². The van der Waals surface area contributed by atoms with Crippen LogP contribution in [0, 0.1) is 17.2 Å². The Morgan fingerprint density at radius 3 is 2.68 bits per heavy atom. The van der Waals surface area contributed by atoms with Gasteiger partial charge in [0.1, 0.15) is 11.0 Å². The van der Waals surface area contributed by atoms with Crippen LogP contribution in [0.15, 0.2) is 23.1 Å². The average Bonchev–Trinajstić information content (AvgIpc) is 2.37. The van der Waals surface area contributed by atoms with E-state index >= 15 is 0 Å². The minimum Gasteiger partial charge on any atom is -0.319 e. The number of nitriles is 1. The maximum absolute atomic E-state index is 12.1. The zero-order chi connectivity index (χ0) is 14.5. The molecule has 5 nitrogen and oxygen atoms in total. The number of nitrogens with zero attached hydrogens (tertiary/aromatic N) is 1. The molecular formula is C12H16ClN3O2S. The Morgan fingerprint density at radius 2 is 2.11 bits per heavy atom. The van der Waals surface area contributed by atoms with E-state index in [2.05, 4.69) is 10.0 Å². The number of nitrogens with one attached hydrogen (secondary N) is 2. The summed E-state index contributed by atoms with van der Waals surface area (Å²) >= 11 is 5.78. The van der Waals surface area contributed by atoms with Gasteiger partial charge < -0.3 is 5.32 Å². The third kappa shape index (κ3) is 4.48. The van der Waals surface area contributed by atoms with E-state index < -0.39 is 10.0 Å². The van der Waals surface area contributed by atoms with E-state index in [0.29, 0.717) is 13.1 Å². The van der Waals surface area contributed by atoms with Crippen molar-refractivity contribution >= 4 is 21.6 Å². The third-order valence-electron chi connectivity index (χ3n) is 2.53. The van der Waals surface area contributed by atoms with Gasteiger partial charge in [0.15, 0.2) is 0 Å². The van der Waals surface area contributed by atoms with Crippen molar-refractivity contribution in [1.29, 1.82) is 5.26 Å². The van der Waals surface area contributed by atoms with Crippen molar-refractivity contribution in [1.82, 2.24) is 10.0 Å². The molecule has 0 radical (unpaired) electrons. The molecule has 0 amide bonds. The molecule has 19 heavy (non-hydrogen) atoms. The number of hydrogen-bond donors (Lipinski definition) is 2. The standard InChI is InChI=1S/C12H16ClN3O2S/c1-9(7-15-2)8-16-19(17,18)12-5-11(13)4-3-10(12)6-14/h3-5,9,15-16H,7-8H2,1-2H3. The van der Waals surface area contributed by atoms with E-state index in [4.69, 9.17) is 16.9 Å². The molecule has 0 heterocycles. The van der Waals surface area contributed by atoms with Gasteiger partial charge >= 0.3 is 0 Å². The van der Waals surface area contributed by atoms with Crippen LogP contribution >= 0.6 is 11.6 Å². The van der Waals surface area contributed by atoms with Crippen LogP contribution in [0.4, 0.5) is 0 Å². The fraction of sp³-hybridized carbons (Fsp3) is 0.417. The molecule has 1 aromatic rings. The first-order chi connectivity index (χ1) is 8.90. The monoisotopic (exact) mass is 301 g/mol. The summed E-state index contributed by atoms with van der Waals surface area (Å²) in [6, 6.07) is 6.02. The van der Waals surface area contributed by atoms with Gasteiger partial charge in [0.05, 0.1) is 5.56 Å². The molecule has 7 heteroatoms. The summed E-state index contributed by atoms with van der Waals surface area (Å²) < 4.78 is 26.7. The van der Waals surface area contributed by atoms with Crippen LogP contribution in [0.2, 0.25) is 5.02 Å². The number of hydrogen-bond acceptors (Lipinski definition) is 4. The van der Waals surface area contributed by atoms with Gasteiger partial charge in [-0.05, 0) is 37.7 Å². The molecule has 0 saturated heterocycles. The van der Waals surface area contributed by atoms with Crippen LogP contribution in [-0.4, -0.2) is 28.6 Å². The maximum atomic E-state index is 12.1. The van der Waals surface area contributed by atoms with E-state index in [1.165, 1.54) is 18.2 Å². The van der Waals surface area contributed by atoms with Gasteiger partial charge in [-0.25, -0.2) is 13.1 Å². The summed E-state index contributed by atoms with van der Waals surface area (Å²) in [5.74, 6) is 0.143. The van der Waals surface area contributed by atoms with Crippen molar-refractivity contribution in [2.75, 3.05) is 20.1 Å². The number of benzene rings is 1. The van der Waals surface area contributed by atoms with Crippen LogP contribution < -0.4 is 10.0 Å². The summed E-state index contributed by atoms with van der Waals surface area (Å²) in [5, 5.41) is 12.2. The fourth-order valence-electron chi connectivity index (χ4n) is 1.56. The molecule has 1 unspecified atom stereocenters. The largest absolute Gasteiger partial charge is 0.319 e. The predicted molar refractivity (Wildman–Crippen MR) is 74.4 cm³/mol. The van der Waals surface area contributed by atoms with Crippen molar-refractivity contribution < 1.29 is 8.42 Å². The molecule has 0 aliphatic rings. The van der Waals surface area contributed by atoms with Gasteiger partial charge in [-0.2, -0.15) is 5.26 Å². The van der Waals surface area contributed by atoms with Gasteiger partial charge in [0.2, 0.25) is 10.0 Å². The van der Waals surface area contributed by atoms with E-state index in [1.54, 1.807) is 7.05 Å². The molecule has 0 spiro atoms. The molecule has 0 saturated carbocycles. The van der Waals surface area contributed by atoms with Crippen LogP contribution in [0.5, 0.6) is 0 Å². The van der Waals surface area contributed by atoms with Crippen molar-refractivity contribution in [3.8, 4) is 6.07 Å². The molecule has 0 bridgehead atoms. The molecule has 0 aromatic heterocycles. The van der Waals surface area contributed by atoms with E-state index in [-0.39, 0.29) is 21.4 Å². The lowest BCUT2D eigenvalue weighted by atomic mass is 10.2. The first-order valence-electron chi connectivity index (χ1n) is 5.74. The van der Waals surface area contributed by atoms with Gasteiger partial charge in [-0.1, -0.05) is 18.5 Å². The van der Waals surface area contributed by atoms with Gasteiger partial charge in [-0.15, -0.1) is 0 Å². The van der Waals surface area contributed by atoms with Crippen molar-refractivity contribution in [3.63, 3.8) is 0 Å². The minimum atomic E-state index is -3.72. The van der Waals surface area contributed by atoms with Crippen molar-refractivity contribution in [3.05, 3.63) is 28.8 Å². The lowest BCUT2D eigenvalue weighted by Crippen LogP contribution is -2.32. The van der Waals surface area contributed by atoms with E-state index in [1.807, 2.05) is 13.0 Å². The Labute approximate surface area is 118 Å². The fourth-order valence-corrected chi connectivity index (χ4v) is 3.14. The van der Waals surface area contributed by atoms with Crippen LogP contribution in [0.1, 0.15) is 12.5 Å². The third-order valence-corrected chi connectivity index (χ3v) is 4.23. The first kappa shape index (κ1) is 15.9. The topological polar surface area (TPSA) is 82.0 Å². The highest BCUT2D eigenvalue weighted by Crippen LogP contribution is 2.20. The molecule has 0 aliphatic heterocycles. The molecule has 1 atom stereocenters. The molecule has 1 aromatic carbocycles. The highest BCUT2D eigenvalue weighted by molar-refractivity contribution is 7.89. The molecule has 2 N–H and O–H groups in total. The Balaban J connectivity index is 2.95. The minimum absolute atomic E-state index is 0.0816. The Bertz CT molecular complexity index is 581. The maximum Gasteiger partial charge on any atom is 0.241 e. The average molecular weight is 302 g/mol. The highest BCUT2D eigenvalue weighted by Gasteiger charge is 2.19. The van der Waals surface area contributed by atoms with Crippen LogP contribution in [0.3, 0.4) is 0 Å². The van der Waals surface area contributed by atoms with Crippen molar-refractivity contribution in [2.24, 2.45) is 5.92 Å². The molecule has 1 rings (SSSR count). The smallest absolute Gasteiger partial charge is 0.241 e. The number of sulfonamides is 1. The molecular weight excluding hydrogens is 286 g/mol. The summed E-state index contributed by atoms with van der Waals surface area (Å²) in [5.41, 5.74) is 0.0816. The highest BCUT2D eigenvalue weighted by atomic mass is 35.5. The van der Waals surface area contributed by atoms with E-state index in [9.17, 15) is 8.42 Å². The Morgan fingerprint density at radius 1 is 1.42 bits per heavy atom. The lowest BCUT2D eigenvalue weighted by molar-refractivity contribution is 0.519. The molecule has 0 aliphatic carbocycles. The molecule has 104 valence electrons. The Kier molecular flexibility index (Phi) is 5.76. The summed E-state index contributed by atoms with van der Waals surface area (Å²) in [6.07, 6.45) is 0. The normalized spacial score (nSPS) is 12.9. The zero-order valence-corrected chi connectivity index (χ0v) is 12.3. The summed E-state index contributed by atoms with van der Waals surface area (Å²) in [4.78, 5) is -0.0841. The lowest BCUT2D eigenvalue weighted by Gasteiger charge is -2.13. The number of halogens is 1. The SMILES string of the molecule is CNCC(C)CNS(=O)(=O)c1cc(Cl)ccc1C#N. The van der Waals surface area contributed by atoms with Gasteiger partial charge in [-0.3, -0.25) is 0 Å². The summed E-state index contributed by atoms with van der Waals surface area (Å²) in [7, 11) is -1.92. The second-order valence-corrected chi connectivity index (χ2v) is 6.44. The number of rotatable bonds is 6. The van der Waals surface area contributed by atoms with Crippen LogP contribution in [-0.2, 0) is 10.0 Å². The van der Waals surface area contributed by atoms with Crippen molar-refractivity contribution in [2.45, 2.75) is 11.8 Å². The first-order valence-corrected chi connectivity index (χ1v) is 7.60. The van der Waals surface area contributed by atoms with Gasteiger partial charge in [0, 0.05) is 11.6 Å². The summed E-state index contributed by atoms with van der Waals surface area (Å²) in [6.45, 7) is 2.91. The second-order valence-electron chi connectivity index (χ2n) is 4.27. The molecule has 0 fully saturated rings. The zero-order valence-electron chi connectivity index (χ0n) is 10.8. The predicted octanol–water partition coefficient (Wildman–Crippen LogP) is 1.35. The van der Waals surface area contributed by atoms with E-state index in [0.717, 1.165) is 0 Å². The quantitative estimate of drug-likeness (QED) is 0.831. The Hall–Kier alpha value is -1.13. The second kappa shape index (κ2) is 6.87. The van der Waals surface area contributed by atoms with Crippen LogP contribution in [0.25, 0.3) is 0 Å².